The van der Waals surface area contributed by atoms with E-state index in [2.05, 4.69) is 36.1 Å². The quantitative estimate of drug-likeness (QED) is 0.275. The largest absolute Gasteiger partial charge is 0.494 e. The van der Waals surface area contributed by atoms with Crippen LogP contribution in [0.25, 0.3) is 10.2 Å². The fourth-order valence-corrected chi connectivity index (χ4v) is 5.18. The zero-order valence-corrected chi connectivity index (χ0v) is 20.7. The van der Waals surface area contributed by atoms with E-state index in [-0.39, 0.29) is 5.91 Å². The highest BCUT2D eigenvalue weighted by Gasteiger charge is 2.21. The summed E-state index contributed by atoms with van der Waals surface area (Å²) in [7, 11) is 5.61. The Morgan fingerprint density at radius 2 is 1.90 bits per heavy atom. The molecule has 0 saturated carbocycles. The third-order valence-electron chi connectivity index (χ3n) is 4.79. The number of methoxy groups -OCH3 is 1. The number of carbonyl (C=O) groups is 1. The molecule has 2 aromatic carbocycles. The van der Waals surface area contributed by atoms with Crippen LogP contribution < -0.4 is 9.64 Å². The third kappa shape index (κ3) is 6.35. The molecule has 1 heterocycles. The summed E-state index contributed by atoms with van der Waals surface area (Å²) in [5, 5.41) is 1.29. The van der Waals surface area contributed by atoms with Crippen LogP contribution in [-0.4, -0.2) is 55.8 Å². The number of nitrogens with zero attached hydrogens (tertiary/aromatic N) is 3. The van der Waals surface area contributed by atoms with Crippen LogP contribution in [0.2, 0.25) is 5.02 Å². The van der Waals surface area contributed by atoms with Crippen molar-refractivity contribution in [2.24, 2.45) is 0 Å². The van der Waals surface area contributed by atoms with Gasteiger partial charge in [0.1, 0.15) is 11.3 Å². The highest BCUT2D eigenvalue weighted by molar-refractivity contribution is 7.99. The maximum atomic E-state index is 13.1. The summed E-state index contributed by atoms with van der Waals surface area (Å²) in [6, 6.07) is 12.1. The van der Waals surface area contributed by atoms with Crippen molar-refractivity contribution >= 4 is 56.0 Å². The fourth-order valence-electron chi connectivity index (χ4n) is 3.03. The summed E-state index contributed by atoms with van der Waals surface area (Å²) in [5.74, 6) is 1.65. The van der Waals surface area contributed by atoms with Crippen LogP contribution >= 0.6 is 34.7 Å². The number of benzene rings is 2. The van der Waals surface area contributed by atoms with Crippen LogP contribution in [0, 0.1) is 6.92 Å². The fraction of sp³-hybridized carbons (Fsp3) is 0.391. The molecule has 3 rings (SSSR count). The van der Waals surface area contributed by atoms with Crippen molar-refractivity contribution in [1.82, 2.24) is 9.88 Å². The van der Waals surface area contributed by atoms with E-state index in [0.717, 1.165) is 23.4 Å². The highest BCUT2D eigenvalue weighted by atomic mass is 35.5. The predicted octanol–water partition coefficient (Wildman–Crippen LogP) is 5.73. The van der Waals surface area contributed by atoms with Crippen LogP contribution in [0.15, 0.2) is 41.3 Å². The summed E-state index contributed by atoms with van der Waals surface area (Å²) >= 11 is 9.60. The topological polar surface area (TPSA) is 45.7 Å². The second-order valence-electron chi connectivity index (χ2n) is 7.54. The number of aryl methyl sites for hydroxylation is 1. The Morgan fingerprint density at radius 1 is 1.16 bits per heavy atom. The van der Waals surface area contributed by atoms with Gasteiger partial charge in [-0.1, -0.05) is 40.6 Å². The van der Waals surface area contributed by atoms with E-state index >= 15 is 0 Å². The lowest BCUT2D eigenvalue weighted by Gasteiger charge is -2.22. The molecule has 0 aliphatic heterocycles. The maximum absolute atomic E-state index is 13.1. The zero-order chi connectivity index (χ0) is 22.4. The predicted molar refractivity (Wildman–Crippen MR) is 133 cm³/mol. The van der Waals surface area contributed by atoms with E-state index in [1.807, 2.05) is 20.2 Å². The zero-order valence-electron chi connectivity index (χ0n) is 18.4. The smallest absolute Gasteiger partial charge is 0.228 e. The van der Waals surface area contributed by atoms with Crippen LogP contribution in [-0.2, 0) is 4.79 Å². The summed E-state index contributed by atoms with van der Waals surface area (Å²) < 4.78 is 6.28. The van der Waals surface area contributed by atoms with Gasteiger partial charge in [0.05, 0.1) is 16.8 Å². The van der Waals surface area contributed by atoms with Gasteiger partial charge >= 0.3 is 0 Å². The first-order chi connectivity index (χ1) is 14.9. The molecule has 8 heteroatoms. The first-order valence-corrected chi connectivity index (χ1v) is 12.3. The van der Waals surface area contributed by atoms with Crippen molar-refractivity contribution < 1.29 is 9.53 Å². The Balaban J connectivity index is 1.71. The molecule has 0 bridgehead atoms. The molecule has 0 aliphatic carbocycles. The normalized spacial score (nSPS) is 11.3. The van der Waals surface area contributed by atoms with Gasteiger partial charge in [-0.3, -0.25) is 9.69 Å². The Labute approximate surface area is 197 Å². The van der Waals surface area contributed by atoms with Gasteiger partial charge in [0.2, 0.25) is 5.91 Å². The van der Waals surface area contributed by atoms with E-state index < -0.39 is 0 Å². The first-order valence-electron chi connectivity index (χ1n) is 10.2. The number of amides is 1. The standard InChI is InChI=1S/C23H28ClN3O2S2/c1-16-7-9-17(10-8-16)30-15-5-6-20(28)27(14-13-26(2)3)23-25-21-19(29-4)12-11-18(24)22(21)31-23/h7-12H,5-6,13-15H2,1-4H3. The van der Waals surface area contributed by atoms with Gasteiger partial charge in [-0.25, -0.2) is 4.98 Å². The minimum absolute atomic E-state index is 0.0838. The summed E-state index contributed by atoms with van der Waals surface area (Å²) in [6.07, 6.45) is 1.29. The second-order valence-corrected chi connectivity index (χ2v) is 10.1. The highest BCUT2D eigenvalue weighted by Crippen LogP contribution is 2.38. The van der Waals surface area contributed by atoms with Gasteiger partial charge in [-0.15, -0.1) is 11.8 Å². The van der Waals surface area contributed by atoms with Crippen molar-refractivity contribution in [2.45, 2.75) is 24.7 Å². The van der Waals surface area contributed by atoms with Gasteiger partial charge in [-0.2, -0.15) is 0 Å². The molecule has 0 aliphatic rings. The van der Waals surface area contributed by atoms with E-state index in [0.29, 0.717) is 34.4 Å². The van der Waals surface area contributed by atoms with E-state index in [1.54, 1.807) is 29.8 Å². The number of anilines is 1. The lowest BCUT2D eigenvalue weighted by atomic mass is 10.2. The number of hydrogen-bond donors (Lipinski definition) is 0. The number of carbonyl (C=O) groups excluding carboxylic acids is 1. The Bertz CT molecular complexity index is 1020. The summed E-state index contributed by atoms with van der Waals surface area (Å²) in [5.41, 5.74) is 1.95. The average Bonchev–Trinajstić information content (AvgIpc) is 3.19. The van der Waals surface area contributed by atoms with Gasteiger partial charge in [0.15, 0.2) is 5.13 Å². The molecule has 0 radical (unpaired) electrons. The number of fused-ring (bicyclic) bond motifs is 1. The molecule has 0 saturated heterocycles. The number of likely N-dealkylation sites (N-methyl/N-ethyl adjacent to an activating group) is 1. The number of aromatic nitrogens is 1. The van der Waals surface area contributed by atoms with Gasteiger partial charge in [0.25, 0.3) is 0 Å². The minimum Gasteiger partial charge on any atom is -0.494 e. The molecule has 0 spiro atoms. The molecule has 5 nitrogen and oxygen atoms in total. The molecule has 166 valence electrons. The van der Waals surface area contributed by atoms with Crippen molar-refractivity contribution in [3.05, 3.63) is 47.0 Å². The molecule has 1 amide bonds. The van der Waals surface area contributed by atoms with E-state index in [4.69, 9.17) is 21.3 Å². The van der Waals surface area contributed by atoms with E-state index in [9.17, 15) is 4.79 Å². The number of rotatable bonds is 10. The monoisotopic (exact) mass is 477 g/mol. The molecule has 0 atom stereocenters. The number of thiazole rings is 1. The van der Waals surface area contributed by atoms with Crippen molar-refractivity contribution in [1.29, 1.82) is 0 Å². The van der Waals surface area contributed by atoms with Gasteiger partial charge in [0, 0.05) is 24.4 Å². The van der Waals surface area contributed by atoms with Crippen LogP contribution in [0.5, 0.6) is 5.75 Å². The molecule has 31 heavy (non-hydrogen) atoms. The Kier molecular flexibility index (Phi) is 8.60. The van der Waals surface area contributed by atoms with Crippen molar-refractivity contribution in [2.75, 3.05) is 44.9 Å². The lowest BCUT2D eigenvalue weighted by molar-refractivity contribution is -0.118. The van der Waals surface area contributed by atoms with Crippen LogP contribution in [0.3, 0.4) is 0 Å². The SMILES string of the molecule is COc1ccc(Cl)c2sc(N(CCN(C)C)C(=O)CCCSc3ccc(C)cc3)nc12. The molecular weight excluding hydrogens is 450 g/mol. The second kappa shape index (κ2) is 11.2. The Hall–Kier alpha value is -1.80. The number of thioether (sulfide) groups is 1. The molecule has 1 aromatic heterocycles. The van der Waals surface area contributed by atoms with Crippen molar-refractivity contribution in [3.63, 3.8) is 0 Å². The number of hydrogen-bond acceptors (Lipinski definition) is 6. The molecular formula is C23H28ClN3O2S2. The summed E-state index contributed by atoms with van der Waals surface area (Å²) in [4.78, 5) is 22.9. The Morgan fingerprint density at radius 3 is 2.58 bits per heavy atom. The number of ether oxygens (including phenoxy) is 1. The average molecular weight is 478 g/mol. The third-order valence-corrected chi connectivity index (χ3v) is 7.43. The summed E-state index contributed by atoms with van der Waals surface area (Å²) in [6.45, 7) is 3.42. The van der Waals surface area contributed by atoms with Gasteiger partial charge in [-0.05, 0) is 57.5 Å². The molecule has 3 aromatic rings. The van der Waals surface area contributed by atoms with Crippen molar-refractivity contribution in [3.8, 4) is 5.75 Å². The van der Waals surface area contributed by atoms with Crippen LogP contribution in [0.1, 0.15) is 18.4 Å². The lowest BCUT2D eigenvalue weighted by Crippen LogP contribution is -2.36. The van der Waals surface area contributed by atoms with Gasteiger partial charge < -0.3 is 9.64 Å². The maximum Gasteiger partial charge on any atom is 0.228 e. The van der Waals surface area contributed by atoms with Crippen LogP contribution in [0.4, 0.5) is 5.13 Å². The van der Waals surface area contributed by atoms with E-state index in [1.165, 1.54) is 21.8 Å². The first kappa shape index (κ1) is 23.9. The minimum atomic E-state index is 0.0838. The molecule has 0 unspecified atom stereocenters. The molecule has 0 N–H and O–H groups in total. The number of halogens is 1. The molecule has 0 fully saturated rings.